The quantitative estimate of drug-likeness (QED) is 0.872. The van der Waals surface area contributed by atoms with Crippen molar-refractivity contribution in [3.63, 3.8) is 0 Å². The molecule has 1 heterocycles. The molecular weight excluding hydrogens is 232 g/mol. The van der Waals surface area contributed by atoms with Crippen molar-refractivity contribution in [1.82, 2.24) is 9.55 Å². The summed E-state index contributed by atoms with van der Waals surface area (Å²) >= 11 is 0. The van der Waals surface area contributed by atoms with Gasteiger partial charge in [0.05, 0.1) is 26.0 Å². The van der Waals surface area contributed by atoms with Crippen LogP contribution in [0.4, 0.5) is 0 Å². The van der Waals surface area contributed by atoms with Crippen molar-refractivity contribution in [2.24, 2.45) is 0 Å². The van der Waals surface area contributed by atoms with Gasteiger partial charge in [-0.05, 0) is 12.1 Å². The van der Waals surface area contributed by atoms with E-state index in [4.69, 9.17) is 9.47 Å². The van der Waals surface area contributed by atoms with Gasteiger partial charge >= 0.3 is 5.69 Å². The van der Waals surface area contributed by atoms with Crippen molar-refractivity contribution in [2.75, 3.05) is 20.8 Å². The first kappa shape index (κ1) is 12.4. The van der Waals surface area contributed by atoms with E-state index in [-0.39, 0.29) is 5.69 Å². The SMILES string of the molecule is COCCn1cc(-c2cccc(OC)c2)[nH]c1=O. The number of hydrogen-bond acceptors (Lipinski definition) is 3. The molecule has 5 nitrogen and oxygen atoms in total. The number of aromatic amines is 1. The van der Waals surface area contributed by atoms with Gasteiger partial charge in [-0.1, -0.05) is 12.1 Å². The normalized spacial score (nSPS) is 10.6. The lowest BCUT2D eigenvalue weighted by Gasteiger charge is -2.02. The molecule has 0 saturated heterocycles. The van der Waals surface area contributed by atoms with Crippen LogP contribution in [0.1, 0.15) is 0 Å². The highest BCUT2D eigenvalue weighted by atomic mass is 16.5. The minimum Gasteiger partial charge on any atom is -0.497 e. The molecule has 0 fully saturated rings. The topological polar surface area (TPSA) is 56.2 Å². The number of imidazole rings is 1. The lowest BCUT2D eigenvalue weighted by Crippen LogP contribution is -2.18. The summed E-state index contributed by atoms with van der Waals surface area (Å²) < 4.78 is 11.7. The van der Waals surface area contributed by atoms with E-state index in [9.17, 15) is 4.79 Å². The van der Waals surface area contributed by atoms with Crippen LogP contribution in [-0.4, -0.2) is 30.4 Å². The molecule has 2 rings (SSSR count). The summed E-state index contributed by atoms with van der Waals surface area (Å²) in [6, 6.07) is 7.56. The standard InChI is InChI=1S/C13H16N2O3/c1-17-7-6-15-9-12(14-13(15)16)10-4-3-5-11(8-10)18-2/h3-5,8-9H,6-7H2,1-2H3,(H,14,16). The van der Waals surface area contributed by atoms with Gasteiger partial charge in [0.2, 0.25) is 0 Å². The zero-order chi connectivity index (χ0) is 13.0. The number of H-pyrrole nitrogens is 1. The van der Waals surface area contributed by atoms with Gasteiger partial charge in [-0.25, -0.2) is 4.79 Å². The predicted octanol–water partition coefficient (Wildman–Crippen LogP) is 1.50. The Morgan fingerprint density at radius 2 is 2.17 bits per heavy atom. The first-order valence-corrected chi connectivity index (χ1v) is 5.67. The molecule has 0 aliphatic heterocycles. The van der Waals surface area contributed by atoms with Gasteiger partial charge in [0.15, 0.2) is 0 Å². The van der Waals surface area contributed by atoms with Crippen molar-refractivity contribution < 1.29 is 9.47 Å². The number of nitrogens with zero attached hydrogens (tertiary/aromatic N) is 1. The highest BCUT2D eigenvalue weighted by Gasteiger charge is 2.05. The summed E-state index contributed by atoms with van der Waals surface area (Å²) in [5.41, 5.74) is 1.56. The van der Waals surface area contributed by atoms with Crippen molar-refractivity contribution in [1.29, 1.82) is 0 Å². The summed E-state index contributed by atoms with van der Waals surface area (Å²) in [5.74, 6) is 0.762. The van der Waals surface area contributed by atoms with Gasteiger partial charge < -0.3 is 14.5 Å². The van der Waals surface area contributed by atoms with Crippen LogP contribution in [0.5, 0.6) is 5.75 Å². The highest BCUT2D eigenvalue weighted by Crippen LogP contribution is 2.21. The molecule has 96 valence electrons. The Morgan fingerprint density at radius 3 is 2.89 bits per heavy atom. The van der Waals surface area contributed by atoms with E-state index in [1.165, 1.54) is 0 Å². The van der Waals surface area contributed by atoms with Crippen LogP contribution in [0.2, 0.25) is 0 Å². The number of hydrogen-bond donors (Lipinski definition) is 1. The van der Waals surface area contributed by atoms with Crippen molar-refractivity contribution in [2.45, 2.75) is 6.54 Å². The number of rotatable bonds is 5. The third kappa shape index (κ3) is 2.62. The summed E-state index contributed by atoms with van der Waals surface area (Å²) in [5, 5.41) is 0. The van der Waals surface area contributed by atoms with E-state index >= 15 is 0 Å². The van der Waals surface area contributed by atoms with Crippen molar-refractivity contribution >= 4 is 0 Å². The number of ether oxygens (including phenoxy) is 2. The first-order chi connectivity index (χ1) is 8.74. The minimum absolute atomic E-state index is 0.134. The van der Waals surface area contributed by atoms with Crippen LogP contribution in [0, 0.1) is 0 Å². The van der Waals surface area contributed by atoms with Crippen LogP contribution in [0.15, 0.2) is 35.3 Å². The maximum Gasteiger partial charge on any atom is 0.326 e. The van der Waals surface area contributed by atoms with E-state index in [1.54, 1.807) is 25.0 Å². The number of methoxy groups -OCH3 is 2. The van der Waals surface area contributed by atoms with Gasteiger partial charge in [-0.15, -0.1) is 0 Å². The zero-order valence-corrected chi connectivity index (χ0v) is 10.5. The molecule has 1 aromatic heterocycles. The highest BCUT2D eigenvalue weighted by molar-refractivity contribution is 5.60. The predicted molar refractivity (Wildman–Crippen MR) is 68.9 cm³/mol. The fourth-order valence-electron chi connectivity index (χ4n) is 1.73. The molecule has 2 aromatic rings. The molecule has 18 heavy (non-hydrogen) atoms. The second-order valence-corrected chi connectivity index (χ2v) is 3.89. The zero-order valence-electron chi connectivity index (χ0n) is 10.5. The molecule has 1 N–H and O–H groups in total. The molecule has 0 aliphatic rings. The average molecular weight is 248 g/mol. The first-order valence-electron chi connectivity index (χ1n) is 5.67. The van der Waals surface area contributed by atoms with Crippen LogP contribution >= 0.6 is 0 Å². The van der Waals surface area contributed by atoms with Gasteiger partial charge in [-0.2, -0.15) is 0 Å². The van der Waals surface area contributed by atoms with Crippen molar-refractivity contribution in [3.8, 4) is 17.0 Å². The minimum atomic E-state index is -0.134. The summed E-state index contributed by atoms with van der Waals surface area (Å²) in [4.78, 5) is 14.5. The molecule has 0 atom stereocenters. The Bertz CT molecular complexity index is 572. The lowest BCUT2D eigenvalue weighted by atomic mass is 10.1. The van der Waals surface area contributed by atoms with Crippen LogP contribution < -0.4 is 10.4 Å². The average Bonchev–Trinajstić information content (AvgIpc) is 2.78. The molecular formula is C13H16N2O3. The maximum absolute atomic E-state index is 11.7. The van der Waals surface area contributed by atoms with Crippen LogP contribution in [-0.2, 0) is 11.3 Å². The maximum atomic E-state index is 11.7. The number of aromatic nitrogens is 2. The Hall–Kier alpha value is -2.01. The second kappa shape index (κ2) is 5.55. The van der Waals surface area contributed by atoms with Gasteiger partial charge in [0.1, 0.15) is 5.75 Å². The third-order valence-electron chi connectivity index (χ3n) is 2.70. The molecule has 1 aromatic carbocycles. The summed E-state index contributed by atoms with van der Waals surface area (Å²) in [7, 11) is 3.23. The second-order valence-electron chi connectivity index (χ2n) is 3.89. The van der Waals surface area contributed by atoms with Crippen molar-refractivity contribution in [3.05, 3.63) is 40.9 Å². The monoisotopic (exact) mass is 248 g/mol. The van der Waals surface area contributed by atoms with E-state index in [0.717, 1.165) is 17.0 Å². The summed E-state index contributed by atoms with van der Waals surface area (Å²) in [6.07, 6.45) is 1.79. The van der Waals surface area contributed by atoms with Gasteiger partial charge in [0, 0.05) is 18.9 Å². The molecule has 0 bridgehead atoms. The Balaban J connectivity index is 2.30. The Morgan fingerprint density at radius 1 is 1.33 bits per heavy atom. The largest absolute Gasteiger partial charge is 0.497 e. The molecule has 0 unspecified atom stereocenters. The number of benzene rings is 1. The smallest absolute Gasteiger partial charge is 0.326 e. The van der Waals surface area contributed by atoms with E-state index in [0.29, 0.717) is 13.2 Å². The molecule has 0 amide bonds. The van der Waals surface area contributed by atoms with Gasteiger partial charge in [-0.3, -0.25) is 4.57 Å². The molecule has 5 heteroatoms. The fourth-order valence-corrected chi connectivity index (χ4v) is 1.73. The van der Waals surface area contributed by atoms with E-state index < -0.39 is 0 Å². The molecule has 0 spiro atoms. The van der Waals surface area contributed by atoms with Crippen LogP contribution in [0.3, 0.4) is 0 Å². The molecule has 0 radical (unpaired) electrons. The fraction of sp³-hybridized carbons (Fsp3) is 0.308. The molecule has 0 aliphatic carbocycles. The Labute approximate surface area is 105 Å². The lowest BCUT2D eigenvalue weighted by molar-refractivity contribution is 0.186. The van der Waals surface area contributed by atoms with Crippen LogP contribution in [0.25, 0.3) is 11.3 Å². The van der Waals surface area contributed by atoms with Gasteiger partial charge in [0.25, 0.3) is 0 Å². The van der Waals surface area contributed by atoms with E-state index in [1.807, 2.05) is 24.3 Å². The number of nitrogens with one attached hydrogen (secondary N) is 1. The third-order valence-corrected chi connectivity index (χ3v) is 2.70. The van der Waals surface area contributed by atoms with E-state index in [2.05, 4.69) is 4.98 Å². The summed E-state index contributed by atoms with van der Waals surface area (Å²) in [6.45, 7) is 1.05. The Kier molecular flexibility index (Phi) is 3.84. The molecule has 0 saturated carbocycles.